The fourth-order valence-corrected chi connectivity index (χ4v) is 5.40. The number of aromatic nitrogens is 3. The molecule has 10 heteroatoms. The van der Waals surface area contributed by atoms with Crippen LogP contribution in [0.1, 0.15) is 24.8 Å². The Labute approximate surface area is 201 Å². The zero-order valence-corrected chi connectivity index (χ0v) is 20.9. The number of ether oxygens (including phenoxy) is 1. The maximum absolute atomic E-state index is 12.9. The Morgan fingerprint density at radius 2 is 2.03 bits per heavy atom. The first-order valence-electron chi connectivity index (χ1n) is 11.0. The topological polar surface area (TPSA) is 117 Å². The van der Waals surface area contributed by atoms with E-state index in [0.717, 1.165) is 16.8 Å². The van der Waals surface area contributed by atoms with E-state index >= 15 is 0 Å². The van der Waals surface area contributed by atoms with Crippen molar-refractivity contribution in [1.29, 1.82) is 0 Å². The highest BCUT2D eigenvalue weighted by molar-refractivity contribution is 7.92. The Morgan fingerprint density at radius 1 is 1.26 bits per heavy atom. The van der Waals surface area contributed by atoms with Crippen molar-refractivity contribution in [2.45, 2.75) is 38.5 Å². The Morgan fingerprint density at radius 3 is 2.69 bits per heavy atom. The van der Waals surface area contributed by atoms with Gasteiger partial charge in [-0.25, -0.2) is 13.2 Å². The van der Waals surface area contributed by atoms with Crippen LogP contribution in [0.25, 0.3) is 33.1 Å². The lowest BCUT2D eigenvalue weighted by Crippen LogP contribution is -2.34. The molecule has 1 unspecified atom stereocenters. The van der Waals surface area contributed by atoms with Crippen molar-refractivity contribution in [1.82, 2.24) is 14.7 Å². The number of sulfone groups is 1. The lowest BCUT2D eigenvalue weighted by Gasteiger charge is -2.26. The minimum absolute atomic E-state index is 0.153. The second-order valence-electron chi connectivity index (χ2n) is 9.10. The number of rotatable bonds is 5. The predicted octanol–water partition coefficient (Wildman–Crippen LogP) is 4.11. The van der Waals surface area contributed by atoms with E-state index in [9.17, 15) is 13.2 Å². The molecule has 1 aromatic carbocycles. The van der Waals surface area contributed by atoms with E-state index in [0.29, 0.717) is 45.5 Å². The lowest BCUT2D eigenvalue weighted by atomic mass is 9.97. The first-order chi connectivity index (χ1) is 16.5. The summed E-state index contributed by atoms with van der Waals surface area (Å²) in [6.07, 6.45) is 8.50. The molecule has 1 aliphatic rings. The summed E-state index contributed by atoms with van der Waals surface area (Å²) in [5, 5.41) is 4.72. The van der Waals surface area contributed by atoms with Crippen LogP contribution in [0.15, 0.2) is 55.9 Å². The number of pyridine rings is 1. The number of methoxy groups -OCH3 is 1. The summed E-state index contributed by atoms with van der Waals surface area (Å²) >= 11 is 0. The van der Waals surface area contributed by atoms with Gasteiger partial charge in [0.15, 0.2) is 15.4 Å². The van der Waals surface area contributed by atoms with Gasteiger partial charge in [0.2, 0.25) is 0 Å². The number of hydrogen-bond donors (Lipinski definition) is 0. The zero-order valence-electron chi connectivity index (χ0n) is 20.1. The van der Waals surface area contributed by atoms with Gasteiger partial charge in [-0.2, -0.15) is 0 Å². The maximum atomic E-state index is 12.9. The third-order valence-corrected chi connectivity index (χ3v) is 8.63. The van der Waals surface area contributed by atoms with Crippen molar-refractivity contribution >= 4 is 31.8 Å². The second kappa shape index (κ2) is 7.94. The molecule has 1 aliphatic carbocycles. The molecule has 9 nitrogen and oxygen atoms in total. The van der Waals surface area contributed by atoms with Gasteiger partial charge in [0.05, 0.1) is 41.4 Å². The summed E-state index contributed by atoms with van der Waals surface area (Å²) in [6, 6.07) is 3.70. The second-order valence-corrected chi connectivity index (χ2v) is 11.6. The third kappa shape index (κ3) is 3.68. The van der Waals surface area contributed by atoms with Crippen molar-refractivity contribution in [3.63, 3.8) is 0 Å². The molecule has 0 N–H and O–H groups in total. The van der Waals surface area contributed by atoms with Crippen LogP contribution in [0.3, 0.4) is 0 Å². The molecule has 3 heterocycles. The van der Waals surface area contributed by atoms with E-state index in [4.69, 9.17) is 13.7 Å². The average molecular weight is 496 g/mol. The van der Waals surface area contributed by atoms with E-state index in [-0.39, 0.29) is 6.54 Å². The minimum Gasteiger partial charge on any atom is -0.496 e. The first kappa shape index (κ1) is 23.1. The van der Waals surface area contributed by atoms with Crippen LogP contribution in [0.4, 0.5) is 0 Å². The quantitative estimate of drug-likeness (QED) is 0.406. The van der Waals surface area contributed by atoms with E-state index in [1.165, 1.54) is 17.0 Å². The fourth-order valence-electron chi connectivity index (χ4n) is 4.64. The summed E-state index contributed by atoms with van der Waals surface area (Å²) in [5.74, 6) is 0.679. The minimum atomic E-state index is -3.34. The van der Waals surface area contributed by atoms with Crippen LogP contribution >= 0.6 is 0 Å². The fraction of sp³-hybridized carbons (Fsp3) is 0.320. The first-order valence-corrected chi connectivity index (χ1v) is 12.9. The van der Waals surface area contributed by atoms with Crippen LogP contribution in [-0.2, 0) is 16.4 Å². The van der Waals surface area contributed by atoms with Crippen LogP contribution in [0.5, 0.6) is 5.75 Å². The molecule has 0 saturated heterocycles. The highest BCUT2D eigenvalue weighted by Gasteiger charge is 2.34. The SMILES string of the molecule is COc1cc2c(cc1-c1c(C)noc1C)ncc1oc(=O)n(CC3=CC(C)(S(C)(=O)=O)CC=C3)c12. The van der Waals surface area contributed by atoms with Crippen molar-refractivity contribution < 1.29 is 22.1 Å². The molecule has 0 aliphatic heterocycles. The van der Waals surface area contributed by atoms with Gasteiger partial charge in [0, 0.05) is 17.2 Å². The van der Waals surface area contributed by atoms with E-state index < -0.39 is 20.3 Å². The number of nitrogens with zero attached hydrogens (tertiary/aromatic N) is 3. The molecule has 0 radical (unpaired) electrons. The molecular weight excluding hydrogens is 470 g/mol. The van der Waals surface area contributed by atoms with Gasteiger partial charge in [-0.1, -0.05) is 23.4 Å². The van der Waals surface area contributed by atoms with Gasteiger partial charge in [-0.05, 0) is 44.9 Å². The molecule has 0 spiro atoms. The number of allylic oxidation sites excluding steroid dienone is 3. The van der Waals surface area contributed by atoms with Gasteiger partial charge >= 0.3 is 5.76 Å². The van der Waals surface area contributed by atoms with Crippen LogP contribution < -0.4 is 10.5 Å². The van der Waals surface area contributed by atoms with Gasteiger partial charge in [-0.15, -0.1) is 0 Å². The number of oxazole rings is 1. The summed E-state index contributed by atoms with van der Waals surface area (Å²) in [5.41, 5.74) is 4.57. The number of fused-ring (bicyclic) bond motifs is 3. The molecule has 0 fully saturated rings. The third-order valence-electron chi connectivity index (χ3n) is 6.65. The van der Waals surface area contributed by atoms with E-state index in [1.807, 2.05) is 38.1 Å². The van der Waals surface area contributed by atoms with Crippen molar-refractivity contribution in [2.24, 2.45) is 0 Å². The highest BCUT2D eigenvalue weighted by atomic mass is 32.2. The summed E-state index contributed by atoms with van der Waals surface area (Å²) in [6.45, 7) is 5.53. The Kier molecular flexibility index (Phi) is 5.24. The van der Waals surface area contributed by atoms with Crippen molar-refractivity contribution in [3.05, 3.63) is 64.1 Å². The van der Waals surface area contributed by atoms with Crippen LogP contribution in [0.2, 0.25) is 0 Å². The van der Waals surface area contributed by atoms with Crippen molar-refractivity contribution in [3.8, 4) is 16.9 Å². The highest BCUT2D eigenvalue weighted by Crippen LogP contribution is 2.39. The number of hydrogen-bond acceptors (Lipinski definition) is 8. The van der Waals surface area contributed by atoms with Gasteiger partial charge in [-0.3, -0.25) is 9.55 Å². The van der Waals surface area contributed by atoms with E-state index in [1.54, 1.807) is 20.1 Å². The standard InChI is InChI=1S/C25H25N3O6S/c1-14-22(15(2)34-27-14)18-9-19-17(10-20(18)32-4)23-21(12-26-19)33-24(29)28(23)13-16-7-6-8-25(3,11-16)35(5,30)31/h6-7,9-12H,8,13H2,1-5H3. The van der Waals surface area contributed by atoms with Gasteiger partial charge < -0.3 is 13.7 Å². The molecule has 182 valence electrons. The molecule has 0 amide bonds. The summed E-state index contributed by atoms with van der Waals surface area (Å²) in [4.78, 5) is 17.4. The molecule has 0 bridgehead atoms. The monoisotopic (exact) mass is 495 g/mol. The molecule has 3 aromatic heterocycles. The zero-order chi connectivity index (χ0) is 25.1. The molecule has 0 saturated carbocycles. The largest absolute Gasteiger partial charge is 0.496 e. The average Bonchev–Trinajstić information content (AvgIpc) is 3.30. The number of benzene rings is 1. The molecule has 4 aromatic rings. The van der Waals surface area contributed by atoms with Gasteiger partial charge in [0.1, 0.15) is 17.0 Å². The molecule has 35 heavy (non-hydrogen) atoms. The summed E-state index contributed by atoms with van der Waals surface area (Å²) in [7, 11) is -1.77. The normalized spacial score (nSPS) is 18.4. The van der Waals surface area contributed by atoms with Crippen molar-refractivity contribution in [2.75, 3.05) is 13.4 Å². The number of aryl methyl sites for hydroxylation is 2. The van der Waals surface area contributed by atoms with Gasteiger partial charge in [0.25, 0.3) is 0 Å². The predicted molar refractivity (Wildman–Crippen MR) is 132 cm³/mol. The molecule has 1 atom stereocenters. The van der Waals surface area contributed by atoms with Crippen LogP contribution in [0, 0.1) is 13.8 Å². The van der Waals surface area contributed by atoms with Crippen LogP contribution in [-0.4, -0.2) is 41.2 Å². The maximum Gasteiger partial charge on any atom is 0.420 e. The Balaban J connectivity index is 1.71. The Hall–Kier alpha value is -3.66. The summed E-state index contributed by atoms with van der Waals surface area (Å²) < 4.78 is 41.7. The Bertz CT molecular complexity index is 1700. The molecule has 5 rings (SSSR count). The van der Waals surface area contributed by atoms with E-state index in [2.05, 4.69) is 10.1 Å². The molecular formula is C25H25N3O6S. The lowest BCUT2D eigenvalue weighted by molar-refractivity contribution is 0.393. The smallest absolute Gasteiger partial charge is 0.420 e.